The second-order valence-electron chi connectivity index (χ2n) is 8.25. The Hall–Kier alpha value is -2.13. The van der Waals surface area contributed by atoms with Crippen molar-refractivity contribution in [1.29, 1.82) is 0 Å². The van der Waals surface area contributed by atoms with Crippen LogP contribution in [0.1, 0.15) is 69.8 Å². The Morgan fingerprint density at radius 3 is 2.00 bits per heavy atom. The molecule has 0 aliphatic heterocycles. The van der Waals surface area contributed by atoms with Crippen molar-refractivity contribution < 1.29 is 4.42 Å². The van der Waals surface area contributed by atoms with Crippen LogP contribution in [-0.2, 0) is 0 Å². The van der Waals surface area contributed by atoms with Crippen LogP contribution in [0.25, 0.3) is 22.9 Å². The van der Waals surface area contributed by atoms with Gasteiger partial charge in [-0.3, -0.25) is 0 Å². The maximum absolute atomic E-state index is 5.95. The Morgan fingerprint density at radius 1 is 0.828 bits per heavy atom. The molecule has 3 aromatic rings. The van der Waals surface area contributed by atoms with Gasteiger partial charge in [0.05, 0.1) is 0 Å². The zero-order valence-corrected chi connectivity index (χ0v) is 17.9. The van der Waals surface area contributed by atoms with Crippen molar-refractivity contribution in [2.24, 2.45) is 5.92 Å². The van der Waals surface area contributed by atoms with E-state index >= 15 is 0 Å². The van der Waals surface area contributed by atoms with Crippen molar-refractivity contribution in [1.82, 2.24) is 10.2 Å². The lowest BCUT2D eigenvalue weighted by Gasteiger charge is -2.29. The molecule has 0 bridgehead atoms. The summed E-state index contributed by atoms with van der Waals surface area (Å²) in [5.74, 6) is 2.71. The summed E-state index contributed by atoms with van der Waals surface area (Å²) in [6.07, 6.45) is 10.9. The topological polar surface area (TPSA) is 38.9 Å². The first-order valence-electron chi connectivity index (χ1n) is 10.9. The highest BCUT2D eigenvalue weighted by Gasteiger charge is 2.22. The minimum absolute atomic E-state index is 0.516. The van der Waals surface area contributed by atoms with E-state index in [-0.39, 0.29) is 0 Å². The molecule has 4 rings (SSSR count). The summed E-state index contributed by atoms with van der Waals surface area (Å²) in [5, 5.41) is 9.10. The molecule has 0 radical (unpaired) electrons. The van der Waals surface area contributed by atoms with E-state index in [1.54, 1.807) is 0 Å². The van der Waals surface area contributed by atoms with Crippen LogP contribution >= 0.6 is 11.6 Å². The Morgan fingerprint density at radius 2 is 1.41 bits per heavy atom. The van der Waals surface area contributed by atoms with E-state index in [0.29, 0.717) is 22.7 Å². The molecule has 29 heavy (non-hydrogen) atoms. The minimum Gasteiger partial charge on any atom is -0.416 e. The third kappa shape index (κ3) is 5.08. The van der Waals surface area contributed by atoms with Crippen molar-refractivity contribution in [3.63, 3.8) is 0 Å². The standard InChI is InChI=1S/C25H29ClN2O/c1-2-3-4-5-18-6-8-19(9-7-18)20-10-12-21(13-11-20)24-27-28-25(29-24)22-14-16-23(26)17-15-22/h10-19H,2-9H2,1H3. The van der Waals surface area contributed by atoms with Crippen LogP contribution in [0.3, 0.4) is 0 Å². The van der Waals surface area contributed by atoms with Crippen LogP contribution in [0.2, 0.25) is 5.02 Å². The van der Waals surface area contributed by atoms with E-state index in [4.69, 9.17) is 16.0 Å². The lowest BCUT2D eigenvalue weighted by atomic mass is 9.77. The molecule has 0 saturated heterocycles. The maximum Gasteiger partial charge on any atom is 0.248 e. The highest BCUT2D eigenvalue weighted by Crippen LogP contribution is 2.38. The predicted octanol–water partition coefficient (Wildman–Crippen LogP) is 7.91. The van der Waals surface area contributed by atoms with Gasteiger partial charge in [0, 0.05) is 16.1 Å². The summed E-state index contributed by atoms with van der Waals surface area (Å²) >= 11 is 5.95. The first-order valence-corrected chi connectivity index (χ1v) is 11.3. The van der Waals surface area contributed by atoms with Crippen LogP contribution in [0, 0.1) is 5.92 Å². The second kappa shape index (κ2) is 9.58. The van der Waals surface area contributed by atoms with Gasteiger partial charge in [0.2, 0.25) is 11.8 Å². The lowest BCUT2D eigenvalue weighted by Crippen LogP contribution is -2.13. The number of nitrogens with zero attached hydrogens (tertiary/aromatic N) is 2. The van der Waals surface area contributed by atoms with E-state index in [1.165, 1.54) is 56.9 Å². The molecule has 1 aliphatic carbocycles. The molecule has 0 unspecified atom stereocenters. The number of rotatable bonds is 7. The molecular weight excluding hydrogens is 380 g/mol. The Balaban J connectivity index is 1.37. The Bertz CT molecular complexity index is 893. The van der Waals surface area contributed by atoms with Gasteiger partial charge in [-0.05, 0) is 79.5 Å². The summed E-state index contributed by atoms with van der Waals surface area (Å²) in [4.78, 5) is 0. The van der Waals surface area contributed by atoms with Crippen molar-refractivity contribution in [3.05, 3.63) is 59.1 Å². The molecule has 2 aromatic carbocycles. The lowest BCUT2D eigenvalue weighted by molar-refractivity contribution is 0.303. The van der Waals surface area contributed by atoms with Gasteiger partial charge in [-0.1, -0.05) is 56.3 Å². The van der Waals surface area contributed by atoms with E-state index in [2.05, 4.69) is 41.4 Å². The molecule has 0 N–H and O–H groups in total. The molecule has 0 spiro atoms. The number of aromatic nitrogens is 2. The van der Waals surface area contributed by atoms with Gasteiger partial charge in [-0.2, -0.15) is 0 Å². The monoisotopic (exact) mass is 408 g/mol. The summed E-state index contributed by atoms with van der Waals surface area (Å²) in [6, 6.07) is 16.1. The fraction of sp³-hybridized carbons (Fsp3) is 0.440. The van der Waals surface area contributed by atoms with Gasteiger partial charge in [0.15, 0.2) is 0 Å². The molecular formula is C25H29ClN2O. The van der Waals surface area contributed by atoms with Crippen molar-refractivity contribution in [2.45, 2.75) is 64.2 Å². The average Bonchev–Trinajstić information content (AvgIpc) is 3.25. The molecule has 1 fully saturated rings. The molecule has 1 saturated carbocycles. The molecule has 4 heteroatoms. The number of hydrogen-bond donors (Lipinski definition) is 0. The zero-order chi connectivity index (χ0) is 20.1. The number of benzene rings is 2. The minimum atomic E-state index is 0.516. The summed E-state index contributed by atoms with van der Waals surface area (Å²) in [6.45, 7) is 2.29. The zero-order valence-electron chi connectivity index (χ0n) is 17.1. The van der Waals surface area contributed by atoms with Crippen LogP contribution in [0.15, 0.2) is 52.9 Å². The van der Waals surface area contributed by atoms with Crippen molar-refractivity contribution in [2.75, 3.05) is 0 Å². The molecule has 152 valence electrons. The first kappa shape index (κ1) is 20.2. The van der Waals surface area contributed by atoms with Crippen molar-refractivity contribution >= 4 is 11.6 Å². The maximum atomic E-state index is 5.95. The highest BCUT2D eigenvalue weighted by molar-refractivity contribution is 6.30. The number of hydrogen-bond acceptors (Lipinski definition) is 3. The SMILES string of the molecule is CCCCCC1CCC(c2ccc(-c3nnc(-c4ccc(Cl)cc4)o3)cc2)CC1. The molecule has 1 aliphatic rings. The highest BCUT2D eigenvalue weighted by atomic mass is 35.5. The van der Waals surface area contributed by atoms with Gasteiger partial charge in [-0.15, -0.1) is 10.2 Å². The van der Waals surface area contributed by atoms with Gasteiger partial charge < -0.3 is 4.42 Å². The largest absolute Gasteiger partial charge is 0.416 e. The molecule has 0 amide bonds. The molecule has 0 atom stereocenters. The smallest absolute Gasteiger partial charge is 0.248 e. The van der Waals surface area contributed by atoms with Crippen LogP contribution in [-0.4, -0.2) is 10.2 Å². The third-order valence-corrected chi connectivity index (χ3v) is 6.46. The quantitative estimate of drug-likeness (QED) is 0.373. The number of unbranched alkanes of at least 4 members (excludes halogenated alkanes) is 2. The Kier molecular flexibility index (Phi) is 6.66. The third-order valence-electron chi connectivity index (χ3n) is 6.21. The summed E-state index contributed by atoms with van der Waals surface area (Å²) in [5.41, 5.74) is 3.29. The summed E-state index contributed by atoms with van der Waals surface area (Å²) in [7, 11) is 0. The number of halogens is 1. The predicted molar refractivity (Wildman–Crippen MR) is 119 cm³/mol. The van der Waals surface area contributed by atoms with E-state index < -0.39 is 0 Å². The first-order chi connectivity index (χ1) is 14.2. The molecule has 1 aromatic heterocycles. The van der Waals surface area contributed by atoms with E-state index in [1.807, 2.05) is 24.3 Å². The Labute approximate surface area is 178 Å². The summed E-state index contributed by atoms with van der Waals surface area (Å²) < 4.78 is 5.88. The van der Waals surface area contributed by atoms with Gasteiger partial charge in [0.25, 0.3) is 0 Å². The average molecular weight is 409 g/mol. The van der Waals surface area contributed by atoms with E-state index in [0.717, 1.165) is 17.0 Å². The fourth-order valence-electron chi connectivity index (χ4n) is 4.41. The molecule has 3 nitrogen and oxygen atoms in total. The van der Waals surface area contributed by atoms with E-state index in [9.17, 15) is 0 Å². The van der Waals surface area contributed by atoms with Crippen LogP contribution < -0.4 is 0 Å². The molecule has 1 heterocycles. The van der Waals surface area contributed by atoms with Gasteiger partial charge >= 0.3 is 0 Å². The normalized spacial score (nSPS) is 19.4. The van der Waals surface area contributed by atoms with Gasteiger partial charge in [0.1, 0.15) is 0 Å². The second-order valence-corrected chi connectivity index (χ2v) is 8.69. The van der Waals surface area contributed by atoms with Gasteiger partial charge in [-0.25, -0.2) is 0 Å². The van der Waals surface area contributed by atoms with Crippen LogP contribution in [0.4, 0.5) is 0 Å². The van der Waals surface area contributed by atoms with Crippen LogP contribution in [0.5, 0.6) is 0 Å². The van der Waals surface area contributed by atoms with Crippen molar-refractivity contribution in [3.8, 4) is 22.9 Å². The fourth-order valence-corrected chi connectivity index (χ4v) is 4.54.